The highest BCUT2D eigenvalue weighted by Crippen LogP contribution is 2.30. The van der Waals surface area contributed by atoms with E-state index in [0.717, 1.165) is 0 Å². The van der Waals surface area contributed by atoms with Gasteiger partial charge >= 0.3 is 12.1 Å². The average molecular weight is 259 g/mol. The SMILES string of the molecule is Cc1c(Cl)c(C(=O)O)c2n1CCN(C(=O)O)C2. The number of aromatic nitrogens is 1. The molecule has 1 amide bonds. The van der Waals surface area contributed by atoms with Gasteiger partial charge < -0.3 is 19.7 Å². The van der Waals surface area contributed by atoms with Gasteiger partial charge in [-0.15, -0.1) is 0 Å². The van der Waals surface area contributed by atoms with Crippen LogP contribution in [0.15, 0.2) is 0 Å². The van der Waals surface area contributed by atoms with Crippen molar-refractivity contribution in [3.63, 3.8) is 0 Å². The third-order valence-electron chi connectivity index (χ3n) is 2.97. The van der Waals surface area contributed by atoms with Crippen LogP contribution in [0.2, 0.25) is 5.02 Å². The lowest BCUT2D eigenvalue weighted by molar-refractivity contribution is 0.0691. The summed E-state index contributed by atoms with van der Waals surface area (Å²) < 4.78 is 1.77. The molecule has 0 fully saturated rings. The fourth-order valence-electron chi connectivity index (χ4n) is 2.09. The molecule has 0 spiro atoms. The highest BCUT2D eigenvalue weighted by Gasteiger charge is 2.29. The predicted octanol–water partition coefficient (Wildman–Crippen LogP) is 1.64. The second-order valence-corrected chi connectivity index (χ2v) is 4.26. The lowest BCUT2D eigenvalue weighted by Gasteiger charge is -2.27. The van der Waals surface area contributed by atoms with Crippen molar-refractivity contribution in [1.29, 1.82) is 0 Å². The zero-order valence-electron chi connectivity index (χ0n) is 9.10. The van der Waals surface area contributed by atoms with Crippen LogP contribution in [-0.4, -0.2) is 38.3 Å². The topological polar surface area (TPSA) is 82.8 Å². The summed E-state index contributed by atoms with van der Waals surface area (Å²) in [7, 11) is 0. The van der Waals surface area contributed by atoms with Gasteiger partial charge in [0.1, 0.15) is 5.56 Å². The van der Waals surface area contributed by atoms with Crippen LogP contribution >= 0.6 is 11.6 Å². The monoisotopic (exact) mass is 258 g/mol. The zero-order valence-corrected chi connectivity index (χ0v) is 9.86. The molecule has 17 heavy (non-hydrogen) atoms. The summed E-state index contributed by atoms with van der Waals surface area (Å²) >= 11 is 5.96. The van der Waals surface area contributed by atoms with Crippen LogP contribution in [0.3, 0.4) is 0 Å². The fraction of sp³-hybridized carbons (Fsp3) is 0.400. The van der Waals surface area contributed by atoms with Gasteiger partial charge in [-0.05, 0) is 6.92 Å². The molecule has 6 nitrogen and oxygen atoms in total. The minimum atomic E-state index is -1.13. The van der Waals surface area contributed by atoms with E-state index in [1.54, 1.807) is 11.5 Å². The summed E-state index contributed by atoms with van der Waals surface area (Å²) in [5, 5.41) is 18.2. The Morgan fingerprint density at radius 1 is 1.29 bits per heavy atom. The molecule has 92 valence electrons. The van der Waals surface area contributed by atoms with Crippen molar-refractivity contribution in [3.05, 3.63) is 22.0 Å². The van der Waals surface area contributed by atoms with Crippen molar-refractivity contribution >= 4 is 23.7 Å². The number of carboxylic acid groups (broad SMARTS) is 2. The first kappa shape index (κ1) is 11.8. The van der Waals surface area contributed by atoms with Crippen molar-refractivity contribution < 1.29 is 19.8 Å². The zero-order chi connectivity index (χ0) is 12.7. The van der Waals surface area contributed by atoms with Gasteiger partial charge in [0.15, 0.2) is 0 Å². The Morgan fingerprint density at radius 2 is 1.94 bits per heavy atom. The molecule has 1 aromatic heterocycles. The second-order valence-electron chi connectivity index (χ2n) is 3.88. The largest absolute Gasteiger partial charge is 0.478 e. The molecular weight excluding hydrogens is 248 g/mol. The molecule has 1 aromatic rings. The fourth-order valence-corrected chi connectivity index (χ4v) is 2.38. The van der Waals surface area contributed by atoms with Crippen LogP contribution < -0.4 is 0 Å². The van der Waals surface area contributed by atoms with Gasteiger partial charge in [0, 0.05) is 18.8 Å². The second kappa shape index (κ2) is 3.96. The number of hydrogen-bond donors (Lipinski definition) is 2. The summed E-state index contributed by atoms with van der Waals surface area (Å²) in [4.78, 5) is 23.2. The van der Waals surface area contributed by atoms with Crippen LogP contribution in [0.1, 0.15) is 21.7 Å². The first-order valence-electron chi connectivity index (χ1n) is 5.02. The summed E-state index contributed by atoms with van der Waals surface area (Å²) in [5.41, 5.74) is 1.13. The number of halogens is 1. The molecule has 0 aliphatic carbocycles. The lowest BCUT2D eigenvalue weighted by Crippen LogP contribution is -2.37. The van der Waals surface area contributed by atoms with Gasteiger partial charge in [-0.25, -0.2) is 9.59 Å². The highest BCUT2D eigenvalue weighted by atomic mass is 35.5. The molecule has 0 bridgehead atoms. The summed E-state index contributed by atoms with van der Waals surface area (Å²) in [6, 6.07) is 0. The molecule has 0 unspecified atom stereocenters. The van der Waals surface area contributed by atoms with Gasteiger partial charge in [-0.3, -0.25) is 0 Å². The Hall–Kier alpha value is -1.69. The van der Waals surface area contributed by atoms with E-state index >= 15 is 0 Å². The van der Waals surface area contributed by atoms with Crippen LogP contribution in [0.4, 0.5) is 4.79 Å². The molecule has 1 aliphatic rings. The van der Waals surface area contributed by atoms with Gasteiger partial charge in [0.25, 0.3) is 0 Å². The van der Waals surface area contributed by atoms with E-state index in [1.807, 2.05) is 0 Å². The van der Waals surface area contributed by atoms with E-state index in [0.29, 0.717) is 24.5 Å². The molecular formula is C10H11ClN2O4. The van der Waals surface area contributed by atoms with Crippen molar-refractivity contribution in [2.45, 2.75) is 20.0 Å². The van der Waals surface area contributed by atoms with Crippen molar-refractivity contribution in [3.8, 4) is 0 Å². The van der Waals surface area contributed by atoms with Gasteiger partial charge in [0.05, 0.1) is 17.3 Å². The number of rotatable bonds is 1. The van der Waals surface area contributed by atoms with Crippen LogP contribution in [0, 0.1) is 6.92 Å². The number of aromatic carboxylic acids is 1. The summed E-state index contributed by atoms with van der Waals surface area (Å²) in [6.07, 6.45) is -1.05. The normalized spacial score (nSPS) is 14.6. The Morgan fingerprint density at radius 3 is 2.47 bits per heavy atom. The first-order chi connectivity index (χ1) is 7.93. The number of fused-ring (bicyclic) bond motifs is 1. The van der Waals surface area contributed by atoms with E-state index in [-0.39, 0.29) is 17.1 Å². The summed E-state index contributed by atoms with van der Waals surface area (Å²) in [5.74, 6) is -1.13. The molecule has 1 aliphatic heterocycles. The molecule has 0 radical (unpaired) electrons. The van der Waals surface area contributed by atoms with Gasteiger partial charge in [-0.1, -0.05) is 11.6 Å². The highest BCUT2D eigenvalue weighted by molar-refractivity contribution is 6.34. The average Bonchev–Trinajstić information content (AvgIpc) is 2.51. The third-order valence-corrected chi connectivity index (χ3v) is 3.44. The number of nitrogens with zero attached hydrogens (tertiary/aromatic N) is 2. The maximum absolute atomic E-state index is 11.1. The standard InChI is InChI=1S/C10H11ClN2O4/c1-5-8(11)7(9(14)15)6-4-12(10(16)17)2-3-13(5)6/h2-4H2,1H3,(H,14,15)(H,16,17). The molecule has 0 saturated carbocycles. The Balaban J connectivity index is 2.52. The molecule has 0 atom stereocenters. The van der Waals surface area contributed by atoms with Crippen molar-refractivity contribution in [2.75, 3.05) is 6.54 Å². The Labute approximate surface area is 102 Å². The summed E-state index contributed by atoms with van der Waals surface area (Å²) in [6.45, 7) is 2.56. The number of carbonyl (C=O) groups is 2. The van der Waals surface area contributed by atoms with E-state index < -0.39 is 12.1 Å². The lowest BCUT2D eigenvalue weighted by atomic mass is 10.2. The van der Waals surface area contributed by atoms with Crippen LogP contribution in [0.25, 0.3) is 0 Å². The minimum Gasteiger partial charge on any atom is -0.478 e. The van der Waals surface area contributed by atoms with E-state index in [9.17, 15) is 9.59 Å². The quantitative estimate of drug-likeness (QED) is 0.802. The van der Waals surface area contributed by atoms with Crippen molar-refractivity contribution in [1.82, 2.24) is 9.47 Å². The molecule has 2 heterocycles. The van der Waals surface area contributed by atoms with E-state index in [1.165, 1.54) is 4.90 Å². The Bertz CT molecular complexity index is 509. The maximum atomic E-state index is 11.1. The molecule has 7 heteroatoms. The minimum absolute atomic E-state index is 0.00937. The number of carboxylic acids is 1. The van der Waals surface area contributed by atoms with Gasteiger partial charge in [-0.2, -0.15) is 0 Å². The van der Waals surface area contributed by atoms with Crippen LogP contribution in [0.5, 0.6) is 0 Å². The number of hydrogen-bond acceptors (Lipinski definition) is 2. The van der Waals surface area contributed by atoms with Gasteiger partial charge in [0.2, 0.25) is 0 Å². The molecule has 2 N–H and O–H groups in total. The van der Waals surface area contributed by atoms with E-state index in [4.69, 9.17) is 21.8 Å². The van der Waals surface area contributed by atoms with Crippen LogP contribution in [-0.2, 0) is 13.1 Å². The van der Waals surface area contributed by atoms with E-state index in [2.05, 4.69) is 0 Å². The maximum Gasteiger partial charge on any atom is 0.407 e. The number of amides is 1. The third kappa shape index (κ3) is 1.74. The molecule has 0 saturated heterocycles. The smallest absolute Gasteiger partial charge is 0.407 e. The molecule has 0 aromatic carbocycles. The molecule has 2 rings (SSSR count). The van der Waals surface area contributed by atoms with Crippen molar-refractivity contribution in [2.24, 2.45) is 0 Å². The Kier molecular flexibility index (Phi) is 2.74. The predicted molar refractivity (Wildman–Crippen MR) is 59.6 cm³/mol. The first-order valence-corrected chi connectivity index (χ1v) is 5.40.